The molecule has 0 saturated heterocycles. The van der Waals surface area contributed by atoms with Gasteiger partial charge in [-0.2, -0.15) is 0 Å². The second-order valence-corrected chi connectivity index (χ2v) is 8.34. The molecule has 1 saturated carbocycles. The molecule has 27 heavy (non-hydrogen) atoms. The number of allylic oxidation sites excluding steroid dienone is 4. The SMILES string of the molecule is C=C1CCC(CN(CC)C2=Cc3[nH]c(C(=C)C(=C)CCCC)cc3CC2)C1. The quantitative estimate of drug-likeness (QED) is 0.380. The summed E-state index contributed by atoms with van der Waals surface area (Å²) in [6.07, 6.45) is 11.8. The fourth-order valence-corrected chi connectivity index (χ4v) is 4.43. The summed E-state index contributed by atoms with van der Waals surface area (Å²) in [7, 11) is 0. The van der Waals surface area contributed by atoms with E-state index in [1.165, 1.54) is 61.2 Å². The summed E-state index contributed by atoms with van der Waals surface area (Å²) >= 11 is 0. The molecular formula is C25H36N2. The van der Waals surface area contributed by atoms with E-state index in [9.17, 15) is 0 Å². The van der Waals surface area contributed by atoms with Gasteiger partial charge in [0.15, 0.2) is 0 Å². The van der Waals surface area contributed by atoms with Gasteiger partial charge in [0.1, 0.15) is 0 Å². The van der Waals surface area contributed by atoms with Crippen LogP contribution in [-0.4, -0.2) is 23.0 Å². The molecule has 2 aliphatic rings. The average molecular weight is 365 g/mol. The van der Waals surface area contributed by atoms with E-state index in [2.05, 4.69) is 55.6 Å². The van der Waals surface area contributed by atoms with Crippen LogP contribution in [0.5, 0.6) is 0 Å². The lowest BCUT2D eigenvalue weighted by molar-refractivity contribution is 0.293. The molecule has 146 valence electrons. The number of nitrogens with one attached hydrogen (secondary N) is 1. The summed E-state index contributed by atoms with van der Waals surface area (Å²) in [5.41, 5.74) is 8.99. The first-order valence-electron chi connectivity index (χ1n) is 10.7. The van der Waals surface area contributed by atoms with Crippen molar-refractivity contribution in [3.8, 4) is 0 Å². The molecule has 1 fully saturated rings. The smallest absolute Gasteiger partial charge is 0.0458 e. The number of H-pyrrole nitrogens is 1. The molecule has 0 amide bonds. The van der Waals surface area contributed by atoms with Gasteiger partial charge in [-0.3, -0.25) is 0 Å². The van der Waals surface area contributed by atoms with Crippen LogP contribution >= 0.6 is 0 Å². The Morgan fingerprint density at radius 1 is 1.22 bits per heavy atom. The molecule has 3 rings (SSSR count). The van der Waals surface area contributed by atoms with Gasteiger partial charge in [-0.15, -0.1) is 0 Å². The molecule has 1 aromatic rings. The molecule has 1 atom stereocenters. The van der Waals surface area contributed by atoms with Gasteiger partial charge in [-0.1, -0.05) is 38.7 Å². The van der Waals surface area contributed by atoms with Gasteiger partial charge in [0.2, 0.25) is 0 Å². The predicted octanol–water partition coefficient (Wildman–Crippen LogP) is 6.74. The number of aryl methyl sites for hydroxylation is 1. The molecule has 2 nitrogen and oxygen atoms in total. The molecular weight excluding hydrogens is 328 g/mol. The average Bonchev–Trinajstić information content (AvgIpc) is 3.28. The standard InChI is InChI=1S/C25H36N2/c1-6-8-9-19(4)20(5)24-15-22-12-13-23(16-25(22)26-24)27(7-2)17-21-11-10-18(3)14-21/h15-16,21,26H,3-14,17H2,1-2H3. The van der Waals surface area contributed by atoms with E-state index < -0.39 is 0 Å². The Balaban J connectivity index is 1.71. The van der Waals surface area contributed by atoms with Crippen molar-refractivity contribution >= 4 is 11.6 Å². The number of aromatic amines is 1. The Bertz CT molecular complexity index is 746. The van der Waals surface area contributed by atoms with E-state index in [0.717, 1.165) is 48.6 Å². The van der Waals surface area contributed by atoms with Crippen LogP contribution < -0.4 is 0 Å². The van der Waals surface area contributed by atoms with Crippen LogP contribution in [0.4, 0.5) is 0 Å². The van der Waals surface area contributed by atoms with Gasteiger partial charge in [-0.25, -0.2) is 0 Å². The lowest BCUT2D eigenvalue weighted by atomic mass is 9.98. The van der Waals surface area contributed by atoms with Crippen LogP contribution in [0.1, 0.15) is 75.7 Å². The minimum absolute atomic E-state index is 0.778. The summed E-state index contributed by atoms with van der Waals surface area (Å²) in [5.74, 6) is 0.778. The van der Waals surface area contributed by atoms with E-state index in [0.29, 0.717) is 0 Å². The monoisotopic (exact) mass is 364 g/mol. The number of hydrogen-bond acceptors (Lipinski definition) is 1. The van der Waals surface area contributed by atoms with Crippen LogP contribution in [0, 0.1) is 5.92 Å². The normalized spacial score (nSPS) is 19.0. The number of aromatic nitrogens is 1. The zero-order chi connectivity index (χ0) is 19.4. The van der Waals surface area contributed by atoms with Crippen molar-refractivity contribution in [3.05, 3.63) is 59.6 Å². The summed E-state index contributed by atoms with van der Waals surface area (Å²) in [5, 5.41) is 0. The number of fused-ring (bicyclic) bond motifs is 1. The highest BCUT2D eigenvalue weighted by molar-refractivity contribution is 5.76. The van der Waals surface area contributed by atoms with E-state index in [4.69, 9.17) is 0 Å². The Hall–Kier alpha value is -1.96. The summed E-state index contributed by atoms with van der Waals surface area (Å²) in [6.45, 7) is 19.5. The third-order valence-electron chi connectivity index (χ3n) is 6.23. The molecule has 2 heteroatoms. The maximum absolute atomic E-state index is 4.30. The van der Waals surface area contributed by atoms with Crippen LogP contribution in [0.25, 0.3) is 11.6 Å². The second-order valence-electron chi connectivity index (χ2n) is 8.34. The van der Waals surface area contributed by atoms with Crippen molar-refractivity contribution in [1.29, 1.82) is 0 Å². The van der Waals surface area contributed by atoms with Crippen molar-refractivity contribution in [2.45, 2.75) is 65.2 Å². The number of nitrogens with zero attached hydrogens (tertiary/aromatic N) is 1. The van der Waals surface area contributed by atoms with Crippen molar-refractivity contribution < 1.29 is 0 Å². The molecule has 1 N–H and O–H groups in total. The molecule has 1 aromatic heterocycles. The largest absolute Gasteiger partial charge is 0.375 e. The Kier molecular flexibility index (Phi) is 6.46. The van der Waals surface area contributed by atoms with Gasteiger partial charge < -0.3 is 9.88 Å². The zero-order valence-electron chi connectivity index (χ0n) is 17.4. The van der Waals surface area contributed by atoms with E-state index in [-0.39, 0.29) is 0 Å². The minimum Gasteiger partial charge on any atom is -0.375 e. The number of rotatable bonds is 9. The lowest BCUT2D eigenvalue weighted by Gasteiger charge is -2.30. The maximum Gasteiger partial charge on any atom is 0.0458 e. The zero-order valence-corrected chi connectivity index (χ0v) is 17.4. The highest BCUT2D eigenvalue weighted by Gasteiger charge is 2.23. The summed E-state index contributed by atoms with van der Waals surface area (Å²) in [6, 6.07) is 2.29. The molecule has 0 aromatic carbocycles. The van der Waals surface area contributed by atoms with Crippen molar-refractivity contribution in [3.63, 3.8) is 0 Å². The van der Waals surface area contributed by atoms with E-state index in [1.54, 1.807) is 0 Å². The minimum atomic E-state index is 0.778. The van der Waals surface area contributed by atoms with Gasteiger partial charge in [-0.05, 0) is 86.6 Å². The first-order valence-corrected chi connectivity index (χ1v) is 10.7. The number of hydrogen-bond donors (Lipinski definition) is 1. The van der Waals surface area contributed by atoms with Crippen LogP contribution in [0.3, 0.4) is 0 Å². The van der Waals surface area contributed by atoms with Gasteiger partial charge in [0.25, 0.3) is 0 Å². The van der Waals surface area contributed by atoms with Gasteiger partial charge >= 0.3 is 0 Å². The van der Waals surface area contributed by atoms with E-state index >= 15 is 0 Å². The Morgan fingerprint density at radius 2 is 2.04 bits per heavy atom. The maximum atomic E-state index is 4.30. The van der Waals surface area contributed by atoms with E-state index in [1.807, 2.05) is 0 Å². The molecule has 0 spiro atoms. The Labute approximate surface area is 165 Å². The summed E-state index contributed by atoms with van der Waals surface area (Å²) < 4.78 is 0. The van der Waals surface area contributed by atoms with Crippen LogP contribution in [-0.2, 0) is 6.42 Å². The van der Waals surface area contributed by atoms with Crippen molar-refractivity contribution in [2.24, 2.45) is 5.92 Å². The fourth-order valence-electron chi connectivity index (χ4n) is 4.43. The second kappa shape index (κ2) is 8.82. The van der Waals surface area contributed by atoms with Crippen LogP contribution in [0.15, 0.2) is 42.6 Å². The van der Waals surface area contributed by atoms with Crippen molar-refractivity contribution in [1.82, 2.24) is 9.88 Å². The van der Waals surface area contributed by atoms with Crippen LogP contribution in [0.2, 0.25) is 0 Å². The molecule has 1 heterocycles. The predicted molar refractivity (Wildman–Crippen MR) is 119 cm³/mol. The topological polar surface area (TPSA) is 19.0 Å². The summed E-state index contributed by atoms with van der Waals surface area (Å²) in [4.78, 5) is 6.21. The molecule has 0 bridgehead atoms. The van der Waals surface area contributed by atoms with Crippen molar-refractivity contribution in [2.75, 3.05) is 13.1 Å². The first-order chi connectivity index (χ1) is 13.0. The highest BCUT2D eigenvalue weighted by Crippen LogP contribution is 2.34. The van der Waals surface area contributed by atoms with Gasteiger partial charge in [0.05, 0.1) is 0 Å². The Morgan fingerprint density at radius 3 is 2.70 bits per heavy atom. The molecule has 1 unspecified atom stereocenters. The molecule has 2 aliphatic carbocycles. The van der Waals surface area contributed by atoms with Gasteiger partial charge in [0, 0.05) is 30.2 Å². The third-order valence-corrected chi connectivity index (χ3v) is 6.23. The number of unbranched alkanes of at least 4 members (excludes halogenated alkanes) is 1. The first kappa shape index (κ1) is 19.8. The highest BCUT2D eigenvalue weighted by atomic mass is 15.1. The lowest BCUT2D eigenvalue weighted by Crippen LogP contribution is -2.29. The molecule has 0 radical (unpaired) electrons. The molecule has 0 aliphatic heterocycles. The fraction of sp³-hybridized carbons (Fsp3) is 0.520. The third kappa shape index (κ3) is 4.66.